The number of benzene rings is 2. The first-order valence-corrected chi connectivity index (χ1v) is 7.17. The number of nitrogens with one attached hydrogen (secondary N) is 1. The average molecular weight is 309 g/mol. The van der Waals surface area contributed by atoms with Gasteiger partial charge in [0.05, 0.1) is 5.69 Å². The smallest absolute Gasteiger partial charge is 0.332 e. The summed E-state index contributed by atoms with van der Waals surface area (Å²) in [6.07, 6.45) is 3.29. The van der Waals surface area contributed by atoms with Crippen LogP contribution in [-0.2, 0) is 4.79 Å². The standard InChI is InChI=1S/C18H19N3O2/c1-13-4-3-5-15(12-13)10-11-20-18(23)21(14(2)22)17-8-6-16(19)7-9-17/h3-12H,19H2,1-2H3,(H,20,23)/b11-10+. The number of nitrogen functional groups attached to an aromatic ring is 1. The van der Waals surface area contributed by atoms with Crippen molar-refractivity contribution in [3.8, 4) is 0 Å². The number of hydrogen-bond acceptors (Lipinski definition) is 3. The largest absolute Gasteiger partial charge is 0.399 e. The molecule has 0 saturated carbocycles. The average Bonchev–Trinajstić information content (AvgIpc) is 2.49. The Hall–Kier alpha value is -3.08. The van der Waals surface area contributed by atoms with E-state index in [1.54, 1.807) is 30.3 Å². The van der Waals surface area contributed by atoms with Crippen molar-refractivity contribution < 1.29 is 9.59 Å². The van der Waals surface area contributed by atoms with Crippen LogP contribution in [0.2, 0.25) is 0 Å². The second-order valence-electron chi connectivity index (χ2n) is 5.14. The van der Waals surface area contributed by atoms with E-state index in [1.165, 1.54) is 13.1 Å². The van der Waals surface area contributed by atoms with Crippen molar-refractivity contribution in [2.45, 2.75) is 13.8 Å². The lowest BCUT2D eigenvalue weighted by atomic mass is 10.1. The van der Waals surface area contributed by atoms with Crippen LogP contribution in [0.4, 0.5) is 16.2 Å². The Morgan fingerprint density at radius 2 is 1.83 bits per heavy atom. The molecule has 23 heavy (non-hydrogen) atoms. The second kappa shape index (κ2) is 7.26. The van der Waals surface area contributed by atoms with E-state index in [4.69, 9.17) is 5.73 Å². The maximum absolute atomic E-state index is 12.2. The van der Waals surface area contributed by atoms with Gasteiger partial charge in [-0.2, -0.15) is 0 Å². The summed E-state index contributed by atoms with van der Waals surface area (Å²) < 4.78 is 0. The highest BCUT2D eigenvalue weighted by molar-refractivity contribution is 6.13. The van der Waals surface area contributed by atoms with Gasteiger partial charge in [0.15, 0.2) is 0 Å². The molecular weight excluding hydrogens is 290 g/mol. The molecule has 0 aliphatic carbocycles. The molecule has 0 fully saturated rings. The minimum Gasteiger partial charge on any atom is -0.399 e. The summed E-state index contributed by atoms with van der Waals surface area (Å²) in [5.74, 6) is -0.378. The summed E-state index contributed by atoms with van der Waals surface area (Å²) in [6, 6.07) is 13.9. The number of nitrogens with two attached hydrogens (primary N) is 1. The van der Waals surface area contributed by atoms with E-state index in [2.05, 4.69) is 5.32 Å². The van der Waals surface area contributed by atoms with E-state index >= 15 is 0 Å². The first kappa shape index (κ1) is 16.3. The third-order valence-corrected chi connectivity index (χ3v) is 3.19. The van der Waals surface area contributed by atoms with Gasteiger partial charge in [-0.1, -0.05) is 29.8 Å². The first-order valence-electron chi connectivity index (χ1n) is 7.17. The minimum atomic E-state index is -0.522. The Labute approximate surface area is 135 Å². The van der Waals surface area contributed by atoms with E-state index in [0.717, 1.165) is 16.0 Å². The van der Waals surface area contributed by atoms with Gasteiger partial charge in [-0.3, -0.25) is 4.79 Å². The molecular formula is C18H19N3O2. The van der Waals surface area contributed by atoms with Gasteiger partial charge in [-0.15, -0.1) is 0 Å². The van der Waals surface area contributed by atoms with Crippen molar-refractivity contribution in [1.29, 1.82) is 0 Å². The molecule has 0 saturated heterocycles. The van der Waals surface area contributed by atoms with Crippen LogP contribution in [0.3, 0.4) is 0 Å². The van der Waals surface area contributed by atoms with Crippen molar-refractivity contribution in [1.82, 2.24) is 5.32 Å². The molecule has 0 spiro atoms. The molecule has 3 amide bonds. The number of imide groups is 1. The maximum Gasteiger partial charge on any atom is 0.332 e. The van der Waals surface area contributed by atoms with E-state index < -0.39 is 6.03 Å². The predicted octanol–water partition coefficient (Wildman–Crippen LogP) is 3.31. The van der Waals surface area contributed by atoms with Crippen molar-refractivity contribution >= 4 is 29.4 Å². The van der Waals surface area contributed by atoms with Crippen LogP contribution < -0.4 is 16.0 Å². The van der Waals surface area contributed by atoms with Crippen molar-refractivity contribution in [3.05, 3.63) is 65.9 Å². The van der Waals surface area contributed by atoms with Crippen LogP contribution in [-0.4, -0.2) is 11.9 Å². The third-order valence-electron chi connectivity index (χ3n) is 3.19. The predicted molar refractivity (Wildman–Crippen MR) is 92.8 cm³/mol. The highest BCUT2D eigenvalue weighted by Gasteiger charge is 2.18. The first-order chi connectivity index (χ1) is 11.0. The Morgan fingerprint density at radius 1 is 1.13 bits per heavy atom. The van der Waals surface area contributed by atoms with Gasteiger partial charge in [0, 0.05) is 18.8 Å². The number of hydrogen-bond donors (Lipinski definition) is 2. The van der Waals surface area contributed by atoms with Crippen LogP contribution in [0.5, 0.6) is 0 Å². The van der Waals surface area contributed by atoms with Gasteiger partial charge < -0.3 is 11.1 Å². The summed E-state index contributed by atoms with van der Waals surface area (Å²) in [5.41, 5.74) is 8.75. The lowest BCUT2D eigenvalue weighted by molar-refractivity contribution is -0.115. The molecule has 2 rings (SSSR count). The van der Waals surface area contributed by atoms with E-state index in [-0.39, 0.29) is 5.91 Å². The Morgan fingerprint density at radius 3 is 2.43 bits per heavy atom. The summed E-state index contributed by atoms with van der Waals surface area (Å²) in [6.45, 7) is 3.33. The van der Waals surface area contributed by atoms with Crippen LogP contribution >= 0.6 is 0 Å². The van der Waals surface area contributed by atoms with Gasteiger partial charge in [-0.25, -0.2) is 9.69 Å². The molecule has 5 heteroatoms. The van der Waals surface area contributed by atoms with Gasteiger partial charge in [0.1, 0.15) is 0 Å². The van der Waals surface area contributed by atoms with Gasteiger partial charge >= 0.3 is 6.03 Å². The van der Waals surface area contributed by atoms with Crippen molar-refractivity contribution in [2.24, 2.45) is 0 Å². The Bertz CT molecular complexity index is 736. The quantitative estimate of drug-likeness (QED) is 0.854. The highest BCUT2D eigenvalue weighted by atomic mass is 16.2. The third kappa shape index (κ3) is 4.44. The van der Waals surface area contributed by atoms with E-state index in [0.29, 0.717) is 11.4 Å². The summed E-state index contributed by atoms with van der Waals surface area (Å²) in [7, 11) is 0. The number of carbonyl (C=O) groups is 2. The molecule has 0 aromatic heterocycles. The maximum atomic E-state index is 12.2. The lowest BCUT2D eigenvalue weighted by Gasteiger charge is -2.18. The fourth-order valence-electron chi connectivity index (χ4n) is 2.11. The highest BCUT2D eigenvalue weighted by Crippen LogP contribution is 2.16. The van der Waals surface area contributed by atoms with Crippen LogP contribution in [0.25, 0.3) is 6.08 Å². The number of urea groups is 1. The summed E-state index contributed by atoms with van der Waals surface area (Å²) in [5, 5.41) is 2.60. The lowest BCUT2D eigenvalue weighted by Crippen LogP contribution is -2.40. The molecule has 0 unspecified atom stereocenters. The molecule has 0 radical (unpaired) electrons. The molecule has 2 aromatic rings. The molecule has 3 N–H and O–H groups in total. The van der Waals surface area contributed by atoms with Crippen LogP contribution in [0.1, 0.15) is 18.1 Å². The van der Waals surface area contributed by atoms with Gasteiger partial charge in [0.25, 0.3) is 0 Å². The number of amides is 3. The van der Waals surface area contributed by atoms with Crippen molar-refractivity contribution in [3.63, 3.8) is 0 Å². The monoisotopic (exact) mass is 309 g/mol. The fraction of sp³-hybridized carbons (Fsp3) is 0.111. The summed E-state index contributed by atoms with van der Waals surface area (Å²) >= 11 is 0. The number of anilines is 2. The molecule has 5 nitrogen and oxygen atoms in total. The zero-order chi connectivity index (χ0) is 16.8. The minimum absolute atomic E-state index is 0.378. The van der Waals surface area contributed by atoms with Gasteiger partial charge in [0.2, 0.25) is 5.91 Å². The molecule has 2 aromatic carbocycles. The Balaban J connectivity index is 2.10. The van der Waals surface area contributed by atoms with Crippen molar-refractivity contribution in [2.75, 3.05) is 10.6 Å². The van der Waals surface area contributed by atoms with E-state index in [1.807, 2.05) is 31.2 Å². The molecule has 0 bridgehead atoms. The zero-order valence-corrected chi connectivity index (χ0v) is 13.1. The van der Waals surface area contributed by atoms with Crippen LogP contribution in [0, 0.1) is 6.92 Å². The SMILES string of the molecule is CC(=O)N(C(=O)N/C=C/c1cccc(C)c1)c1ccc(N)cc1. The fourth-order valence-corrected chi connectivity index (χ4v) is 2.11. The molecule has 0 aliphatic rings. The number of rotatable bonds is 3. The topological polar surface area (TPSA) is 75.4 Å². The normalized spacial score (nSPS) is 10.5. The number of nitrogens with zero attached hydrogens (tertiary/aromatic N) is 1. The summed E-state index contributed by atoms with van der Waals surface area (Å²) in [4.78, 5) is 25.1. The second-order valence-corrected chi connectivity index (χ2v) is 5.14. The molecule has 118 valence electrons. The van der Waals surface area contributed by atoms with Crippen LogP contribution in [0.15, 0.2) is 54.7 Å². The molecule has 0 atom stereocenters. The van der Waals surface area contributed by atoms with Gasteiger partial charge in [-0.05, 0) is 42.8 Å². The number of aryl methyl sites for hydroxylation is 1. The molecule has 0 aliphatic heterocycles. The Kier molecular flexibility index (Phi) is 5.15. The zero-order valence-electron chi connectivity index (χ0n) is 13.1. The van der Waals surface area contributed by atoms with E-state index in [9.17, 15) is 9.59 Å². The molecule has 0 heterocycles. The number of carbonyl (C=O) groups excluding carboxylic acids is 2.